The zero-order chi connectivity index (χ0) is 16.2. The minimum Gasteiger partial charge on any atom is -0.381 e. The largest absolute Gasteiger partial charge is 0.381 e. The lowest BCUT2D eigenvalue weighted by Crippen LogP contribution is -2.40. The molecule has 0 amide bonds. The Balaban J connectivity index is 1.41. The fourth-order valence-electron chi connectivity index (χ4n) is 4.13. The minimum absolute atomic E-state index is 0.333. The standard InChI is InChI=1S/C18H28N4O2/c1-2-15(24-9-1)12-19-18-16-3-7-22(14-5-10-23-11-6-14)8-4-17(16)20-13-21-18/h13-15H,1-12H2,(H,19,20,21)/t15-/m1/s1. The van der Waals surface area contributed by atoms with Gasteiger partial charge in [-0.1, -0.05) is 0 Å². The Morgan fingerprint density at radius 3 is 2.79 bits per heavy atom. The van der Waals surface area contributed by atoms with Crippen molar-refractivity contribution in [2.75, 3.05) is 44.8 Å². The van der Waals surface area contributed by atoms with E-state index < -0.39 is 0 Å². The Kier molecular flexibility index (Phi) is 5.25. The lowest BCUT2D eigenvalue weighted by atomic mass is 10.1. The molecule has 6 heteroatoms. The second kappa shape index (κ2) is 7.76. The van der Waals surface area contributed by atoms with Crippen LogP contribution in [0.1, 0.15) is 36.9 Å². The van der Waals surface area contributed by atoms with Gasteiger partial charge in [0.05, 0.1) is 11.8 Å². The quantitative estimate of drug-likeness (QED) is 0.905. The van der Waals surface area contributed by atoms with Crippen LogP contribution in [0, 0.1) is 0 Å². The first-order valence-electron chi connectivity index (χ1n) is 9.40. The zero-order valence-corrected chi connectivity index (χ0v) is 14.4. The number of anilines is 1. The van der Waals surface area contributed by atoms with Gasteiger partial charge in [-0.25, -0.2) is 9.97 Å². The van der Waals surface area contributed by atoms with Crippen LogP contribution in [-0.2, 0) is 22.3 Å². The first kappa shape index (κ1) is 16.2. The number of hydrogen-bond acceptors (Lipinski definition) is 6. The molecule has 0 unspecified atom stereocenters. The van der Waals surface area contributed by atoms with Crippen molar-refractivity contribution in [1.82, 2.24) is 14.9 Å². The number of fused-ring (bicyclic) bond motifs is 1. The SMILES string of the molecule is c1nc2c(c(NC[C@H]3CCCO3)n1)CCN(C1CCOCC1)CC2. The summed E-state index contributed by atoms with van der Waals surface area (Å²) in [5.74, 6) is 1.02. The van der Waals surface area contributed by atoms with Crippen molar-refractivity contribution >= 4 is 5.82 Å². The van der Waals surface area contributed by atoms with Crippen molar-refractivity contribution in [3.05, 3.63) is 17.6 Å². The maximum Gasteiger partial charge on any atom is 0.132 e. The molecule has 0 saturated carbocycles. The lowest BCUT2D eigenvalue weighted by molar-refractivity contribution is 0.0355. The van der Waals surface area contributed by atoms with Crippen molar-refractivity contribution in [2.45, 2.75) is 50.7 Å². The Morgan fingerprint density at radius 2 is 1.96 bits per heavy atom. The summed E-state index contributed by atoms with van der Waals surface area (Å²) in [7, 11) is 0. The summed E-state index contributed by atoms with van der Waals surface area (Å²) in [6.45, 7) is 5.76. The highest BCUT2D eigenvalue weighted by molar-refractivity contribution is 5.46. The van der Waals surface area contributed by atoms with E-state index in [1.807, 2.05) is 0 Å². The minimum atomic E-state index is 0.333. The molecule has 1 aromatic rings. The maximum atomic E-state index is 5.71. The van der Waals surface area contributed by atoms with Gasteiger partial charge in [0.2, 0.25) is 0 Å². The van der Waals surface area contributed by atoms with Crippen molar-refractivity contribution in [2.24, 2.45) is 0 Å². The summed E-state index contributed by atoms with van der Waals surface area (Å²) in [5.41, 5.74) is 2.53. The molecule has 0 aromatic carbocycles. The van der Waals surface area contributed by atoms with E-state index in [1.54, 1.807) is 6.33 Å². The molecule has 1 atom stereocenters. The van der Waals surface area contributed by atoms with Crippen LogP contribution in [0.4, 0.5) is 5.82 Å². The van der Waals surface area contributed by atoms with Crippen LogP contribution in [0.15, 0.2) is 6.33 Å². The van der Waals surface area contributed by atoms with E-state index in [0.717, 1.165) is 77.4 Å². The number of aromatic nitrogens is 2. The number of ether oxygens (including phenoxy) is 2. The molecule has 0 spiro atoms. The van der Waals surface area contributed by atoms with Crippen molar-refractivity contribution in [3.8, 4) is 0 Å². The molecular formula is C18H28N4O2. The Bertz CT molecular complexity index is 542. The molecule has 2 fully saturated rings. The van der Waals surface area contributed by atoms with Crippen LogP contribution in [0.2, 0.25) is 0 Å². The fraction of sp³-hybridized carbons (Fsp3) is 0.778. The molecule has 1 N–H and O–H groups in total. The third-order valence-corrected chi connectivity index (χ3v) is 5.55. The van der Waals surface area contributed by atoms with Gasteiger partial charge < -0.3 is 14.8 Å². The van der Waals surface area contributed by atoms with E-state index in [2.05, 4.69) is 20.2 Å². The molecular weight excluding hydrogens is 304 g/mol. The van der Waals surface area contributed by atoms with Crippen LogP contribution in [0.3, 0.4) is 0 Å². The number of hydrogen-bond donors (Lipinski definition) is 1. The summed E-state index contributed by atoms with van der Waals surface area (Å²) in [5, 5.41) is 3.52. The van der Waals surface area contributed by atoms with E-state index >= 15 is 0 Å². The number of rotatable bonds is 4. The van der Waals surface area contributed by atoms with Crippen molar-refractivity contribution in [3.63, 3.8) is 0 Å². The fourth-order valence-corrected chi connectivity index (χ4v) is 4.13. The van der Waals surface area contributed by atoms with Crippen molar-refractivity contribution < 1.29 is 9.47 Å². The monoisotopic (exact) mass is 332 g/mol. The van der Waals surface area contributed by atoms with Crippen LogP contribution < -0.4 is 5.32 Å². The summed E-state index contributed by atoms with van der Waals surface area (Å²) < 4.78 is 11.2. The zero-order valence-electron chi connectivity index (χ0n) is 14.4. The first-order chi connectivity index (χ1) is 11.9. The molecule has 0 radical (unpaired) electrons. The summed E-state index contributed by atoms with van der Waals surface area (Å²) in [6.07, 6.45) is 8.73. The molecule has 0 aliphatic carbocycles. The molecule has 4 rings (SSSR count). The van der Waals surface area contributed by atoms with E-state index in [-0.39, 0.29) is 0 Å². The van der Waals surface area contributed by atoms with Gasteiger partial charge in [-0.05, 0) is 32.1 Å². The molecule has 6 nitrogen and oxygen atoms in total. The highest BCUT2D eigenvalue weighted by Crippen LogP contribution is 2.24. The van der Waals surface area contributed by atoms with Gasteiger partial charge in [0.15, 0.2) is 0 Å². The highest BCUT2D eigenvalue weighted by Gasteiger charge is 2.25. The predicted octanol–water partition coefficient (Wildman–Crippen LogP) is 1.65. The van der Waals surface area contributed by atoms with Crippen molar-refractivity contribution in [1.29, 1.82) is 0 Å². The molecule has 24 heavy (non-hydrogen) atoms. The third kappa shape index (κ3) is 3.71. The average molecular weight is 332 g/mol. The van der Waals surface area contributed by atoms with E-state index in [9.17, 15) is 0 Å². The van der Waals surface area contributed by atoms with Crippen LogP contribution in [0.5, 0.6) is 0 Å². The summed E-state index contributed by atoms with van der Waals surface area (Å²) in [6, 6.07) is 0.671. The van der Waals surface area contributed by atoms with Gasteiger partial charge in [0.1, 0.15) is 12.1 Å². The summed E-state index contributed by atoms with van der Waals surface area (Å²) in [4.78, 5) is 11.7. The molecule has 4 heterocycles. The molecule has 1 aromatic heterocycles. The van der Waals surface area contributed by atoms with E-state index in [0.29, 0.717) is 12.1 Å². The van der Waals surface area contributed by atoms with Gasteiger partial charge in [-0.2, -0.15) is 0 Å². The second-order valence-corrected chi connectivity index (χ2v) is 7.04. The smallest absolute Gasteiger partial charge is 0.132 e. The Hall–Kier alpha value is -1.24. The molecule has 132 valence electrons. The third-order valence-electron chi connectivity index (χ3n) is 5.55. The van der Waals surface area contributed by atoms with Gasteiger partial charge in [0, 0.05) is 57.5 Å². The molecule has 2 saturated heterocycles. The Morgan fingerprint density at radius 1 is 1.08 bits per heavy atom. The highest BCUT2D eigenvalue weighted by atomic mass is 16.5. The van der Waals surface area contributed by atoms with Gasteiger partial charge in [-0.15, -0.1) is 0 Å². The van der Waals surface area contributed by atoms with Gasteiger partial charge >= 0.3 is 0 Å². The number of nitrogens with zero attached hydrogens (tertiary/aromatic N) is 3. The van der Waals surface area contributed by atoms with E-state index in [4.69, 9.17) is 9.47 Å². The topological polar surface area (TPSA) is 59.5 Å². The molecule has 0 bridgehead atoms. The maximum absolute atomic E-state index is 5.71. The number of nitrogens with one attached hydrogen (secondary N) is 1. The lowest BCUT2D eigenvalue weighted by Gasteiger charge is -2.33. The van der Waals surface area contributed by atoms with Crippen LogP contribution in [0.25, 0.3) is 0 Å². The average Bonchev–Trinajstić information content (AvgIpc) is 3.06. The second-order valence-electron chi connectivity index (χ2n) is 7.04. The Labute approximate surface area is 143 Å². The van der Waals surface area contributed by atoms with Crippen LogP contribution >= 0.6 is 0 Å². The molecule has 3 aliphatic rings. The summed E-state index contributed by atoms with van der Waals surface area (Å²) >= 11 is 0. The van der Waals surface area contributed by atoms with Crippen LogP contribution in [-0.4, -0.2) is 66.5 Å². The molecule has 3 aliphatic heterocycles. The normalized spacial score (nSPS) is 26.1. The van der Waals surface area contributed by atoms with Gasteiger partial charge in [-0.3, -0.25) is 4.90 Å². The first-order valence-corrected chi connectivity index (χ1v) is 9.40. The predicted molar refractivity (Wildman–Crippen MR) is 92.3 cm³/mol. The van der Waals surface area contributed by atoms with Gasteiger partial charge in [0.25, 0.3) is 0 Å². The van der Waals surface area contributed by atoms with E-state index in [1.165, 1.54) is 17.7 Å².